The van der Waals surface area contributed by atoms with Gasteiger partial charge in [0.05, 0.1) is 17.6 Å². The fraction of sp³-hybridized carbons (Fsp3) is 0.211. The van der Waals surface area contributed by atoms with E-state index in [1.165, 1.54) is 5.39 Å². The molecule has 0 atom stereocenters. The molecule has 6 heteroatoms. The third kappa shape index (κ3) is 2.87. The van der Waals surface area contributed by atoms with Gasteiger partial charge in [0.15, 0.2) is 5.65 Å². The number of hydrogen-bond acceptors (Lipinski definition) is 3. The van der Waals surface area contributed by atoms with Crippen molar-refractivity contribution in [3.63, 3.8) is 0 Å². The van der Waals surface area contributed by atoms with Gasteiger partial charge in [0.25, 0.3) is 0 Å². The minimum absolute atomic E-state index is 0.0204. The first-order valence-corrected chi connectivity index (χ1v) is 8.26. The third-order valence-electron chi connectivity index (χ3n) is 4.44. The molecule has 6 nitrogen and oxygen atoms in total. The Balaban J connectivity index is 1.46. The summed E-state index contributed by atoms with van der Waals surface area (Å²) in [4.78, 5) is 19.9. The third-order valence-corrected chi connectivity index (χ3v) is 4.44. The molecule has 0 spiro atoms. The highest BCUT2D eigenvalue weighted by atomic mass is 16.1. The molecule has 0 saturated carbocycles. The van der Waals surface area contributed by atoms with E-state index in [0.29, 0.717) is 18.5 Å². The number of pyridine rings is 1. The van der Waals surface area contributed by atoms with E-state index in [9.17, 15) is 4.79 Å². The first kappa shape index (κ1) is 15.4. The predicted molar refractivity (Wildman–Crippen MR) is 98.5 cm³/mol. The molecule has 0 radical (unpaired) electrons. The van der Waals surface area contributed by atoms with E-state index in [4.69, 9.17) is 0 Å². The van der Waals surface area contributed by atoms with Crippen molar-refractivity contribution in [3.05, 3.63) is 54.0 Å². The molecule has 1 amide bonds. The summed E-state index contributed by atoms with van der Waals surface area (Å²) in [5.74, 6) is -0.0204. The maximum Gasteiger partial charge on any atom is 0.224 e. The Morgan fingerprint density at radius 3 is 3.00 bits per heavy atom. The number of fused-ring (bicyclic) bond motifs is 2. The number of para-hydroxylation sites is 1. The zero-order valence-electron chi connectivity index (χ0n) is 14.2. The highest BCUT2D eigenvalue weighted by molar-refractivity contribution is 5.93. The average Bonchev–Trinajstić information content (AvgIpc) is 3.14. The lowest BCUT2D eigenvalue weighted by molar-refractivity contribution is -0.116. The highest BCUT2D eigenvalue weighted by Gasteiger charge is 2.10. The van der Waals surface area contributed by atoms with Crippen LogP contribution in [0.2, 0.25) is 0 Å². The first-order valence-electron chi connectivity index (χ1n) is 8.26. The Hall–Kier alpha value is -3.15. The zero-order valence-corrected chi connectivity index (χ0v) is 14.2. The number of aromatic amines is 1. The van der Waals surface area contributed by atoms with Gasteiger partial charge < -0.3 is 10.3 Å². The van der Waals surface area contributed by atoms with Gasteiger partial charge in [0.1, 0.15) is 0 Å². The van der Waals surface area contributed by atoms with Crippen LogP contribution in [0.15, 0.2) is 42.7 Å². The van der Waals surface area contributed by atoms with Gasteiger partial charge >= 0.3 is 0 Å². The van der Waals surface area contributed by atoms with Crippen molar-refractivity contribution in [3.8, 4) is 0 Å². The number of H-pyrrole nitrogens is 1. The number of hydrogen-bond donors (Lipinski definition) is 2. The Kier molecular flexibility index (Phi) is 3.72. The molecule has 0 aliphatic rings. The summed E-state index contributed by atoms with van der Waals surface area (Å²) in [7, 11) is 1.86. The van der Waals surface area contributed by atoms with Gasteiger partial charge in [-0.2, -0.15) is 5.10 Å². The normalized spacial score (nSPS) is 11.3. The molecule has 126 valence electrons. The molecular formula is C19H19N5O. The molecule has 4 rings (SSSR count). The van der Waals surface area contributed by atoms with Crippen LogP contribution in [0.5, 0.6) is 0 Å². The van der Waals surface area contributed by atoms with Crippen molar-refractivity contribution in [1.29, 1.82) is 0 Å². The van der Waals surface area contributed by atoms with Gasteiger partial charge in [-0.15, -0.1) is 0 Å². The molecule has 0 saturated heterocycles. The van der Waals surface area contributed by atoms with Crippen LogP contribution in [0, 0.1) is 6.92 Å². The monoisotopic (exact) mass is 333 g/mol. The van der Waals surface area contributed by atoms with Crippen LogP contribution in [-0.2, 0) is 18.3 Å². The van der Waals surface area contributed by atoms with Gasteiger partial charge in [-0.1, -0.05) is 18.2 Å². The molecule has 0 aliphatic carbocycles. The number of carbonyl (C=O) groups is 1. The van der Waals surface area contributed by atoms with E-state index in [1.807, 2.05) is 44.4 Å². The summed E-state index contributed by atoms with van der Waals surface area (Å²) >= 11 is 0. The van der Waals surface area contributed by atoms with Crippen molar-refractivity contribution in [2.75, 3.05) is 5.32 Å². The molecule has 1 aromatic carbocycles. The number of aryl methyl sites for hydroxylation is 3. The maximum atomic E-state index is 12.3. The van der Waals surface area contributed by atoms with E-state index < -0.39 is 0 Å². The maximum absolute atomic E-state index is 12.3. The number of nitrogens with zero attached hydrogens (tertiary/aromatic N) is 3. The lowest BCUT2D eigenvalue weighted by Crippen LogP contribution is -2.12. The Morgan fingerprint density at radius 1 is 1.28 bits per heavy atom. The van der Waals surface area contributed by atoms with Crippen LogP contribution in [0.3, 0.4) is 0 Å². The number of rotatable bonds is 4. The molecule has 3 aromatic heterocycles. The van der Waals surface area contributed by atoms with Crippen LogP contribution in [0.25, 0.3) is 21.9 Å². The molecule has 2 N–H and O–H groups in total. The summed E-state index contributed by atoms with van der Waals surface area (Å²) in [5, 5.41) is 9.41. The standard InChI is InChI=1S/C19H19N5O/c1-12-16-9-14(11-21-19(16)24(2)23-12)22-18(25)8-7-13-10-20-17-6-4-3-5-15(13)17/h3-6,9-11,20H,7-8H2,1-2H3,(H,22,25). The molecule has 0 bridgehead atoms. The number of anilines is 1. The van der Waals surface area contributed by atoms with Crippen molar-refractivity contribution >= 4 is 33.5 Å². The van der Waals surface area contributed by atoms with Crippen LogP contribution in [0.4, 0.5) is 5.69 Å². The van der Waals surface area contributed by atoms with Crippen LogP contribution >= 0.6 is 0 Å². The molecule has 4 aromatic rings. The van der Waals surface area contributed by atoms with E-state index >= 15 is 0 Å². The Labute approximate surface area is 144 Å². The van der Waals surface area contributed by atoms with Crippen molar-refractivity contribution in [2.45, 2.75) is 19.8 Å². The van der Waals surface area contributed by atoms with Crippen molar-refractivity contribution in [2.24, 2.45) is 7.05 Å². The second-order valence-corrected chi connectivity index (χ2v) is 6.21. The first-order chi connectivity index (χ1) is 12.1. The van der Waals surface area contributed by atoms with Gasteiger partial charge in [-0.3, -0.25) is 9.48 Å². The van der Waals surface area contributed by atoms with Crippen LogP contribution in [-0.4, -0.2) is 25.7 Å². The van der Waals surface area contributed by atoms with Gasteiger partial charge in [0.2, 0.25) is 5.91 Å². The topological polar surface area (TPSA) is 75.6 Å². The molecule has 3 heterocycles. The summed E-state index contributed by atoms with van der Waals surface area (Å²) in [6.07, 6.45) is 4.76. The Bertz CT molecular complexity index is 1080. The number of nitrogens with one attached hydrogen (secondary N) is 2. The van der Waals surface area contributed by atoms with Gasteiger partial charge in [-0.05, 0) is 31.0 Å². The Morgan fingerprint density at radius 2 is 2.12 bits per heavy atom. The van der Waals surface area contributed by atoms with Crippen molar-refractivity contribution < 1.29 is 4.79 Å². The lowest BCUT2D eigenvalue weighted by Gasteiger charge is -2.05. The fourth-order valence-electron chi connectivity index (χ4n) is 3.19. The lowest BCUT2D eigenvalue weighted by atomic mass is 10.1. The smallest absolute Gasteiger partial charge is 0.224 e. The summed E-state index contributed by atoms with van der Waals surface area (Å²) in [6, 6.07) is 10.0. The second-order valence-electron chi connectivity index (χ2n) is 6.21. The fourth-order valence-corrected chi connectivity index (χ4v) is 3.19. The molecule has 0 fully saturated rings. The van der Waals surface area contributed by atoms with Gasteiger partial charge in [0, 0.05) is 36.0 Å². The molecular weight excluding hydrogens is 314 g/mol. The number of amides is 1. The minimum atomic E-state index is -0.0204. The van der Waals surface area contributed by atoms with Crippen LogP contribution < -0.4 is 5.32 Å². The van der Waals surface area contributed by atoms with E-state index in [2.05, 4.69) is 26.4 Å². The quantitative estimate of drug-likeness (QED) is 0.601. The second kappa shape index (κ2) is 6.05. The zero-order chi connectivity index (χ0) is 17.4. The highest BCUT2D eigenvalue weighted by Crippen LogP contribution is 2.21. The largest absolute Gasteiger partial charge is 0.361 e. The average molecular weight is 333 g/mol. The number of benzene rings is 1. The van der Waals surface area contributed by atoms with Crippen molar-refractivity contribution in [1.82, 2.24) is 19.7 Å². The molecule has 0 aliphatic heterocycles. The molecule has 0 unspecified atom stereocenters. The number of aromatic nitrogens is 4. The minimum Gasteiger partial charge on any atom is -0.361 e. The van der Waals surface area contributed by atoms with E-state index in [0.717, 1.165) is 27.8 Å². The summed E-state index contributed by atoms with van der Waals surface area (Å²) in [5.41, 5.74) is 4.67. The predicted octanol–water partition coefficient (Wildman–Crippen LogP) is 3.33. The number of carbonyl (C=O) groups excluding carboxylic acids is 1. The van der Waals surface area contributed by atoms with E-state index in [-0.39, 0.29) is 5.91 Å². The van der Waals surface area contributed by atoms with Gasteiger partial charge in [-0.25, -0.2) is 4.98 Å². The van der Waals surface area contributed by atoms with Crippen LogP contribution in [0.1, 0.15) is 17.7 Å². The SMILES string of the molecule is Cc1nn(C)c2ncc(NC(=O)CCc3c[nH]c4ccccc34)cc12. The summed E-state index contributed by atoms with van der Waals surface area (Å²) in [6.45, 7) is 1.94. The molecule has 25 heavy (non-hydrogen) atoms. The van der Waals surface area contributed by atoms with E-state index in [1.54, 1.807) is 10.9 Å². The summed E-state index contributed by atoms with van der Waals surface area (Å²) < 4.78 is 1.74.